The van der Waals surface area contributed by atoms with Crippen LogP contribution in [0.25, 0.3) is 0 Å². The van der Waals surface area contributed by atoms with Crippen molar-refractivity contribution >= 4 is 0 Å². The fourth-order valence-corrected chi connectivity index (χ4v) is 0.842. The lowest BCUT2D eigenvalue weighted by atomic mass is 10.4. The molecule has 0 unspecified atom stereocenters. The minimum Gasteiger partial charge on any atom is -0.365 e. The highest BCUT2D eigenvalue weighted by atomic mass is 15.1. The predicted molar refractivity (Wildman–Crippen MR) is 67.3 cm³/mol. The monoisotopic (exact) mass is 193 g/mol. The van der Waals surface area contributed by atoms with Crippen molar-refractivity contribution in [2.75, 3.05) is 13.1 Å². The van der Waals surface area contributed by atoms with Gasteiger partial charge in [-0.15, -0.1) is 6.58 Å². The van der Waals surface area contributed by atoms with Crippen molar-refractivity contribution in [3.05, 3.63) is 49.7 Å². The summed E-state index contributed by atoms with van der Waals surface area (Å²) >= 11 is 0. The standard InChI is InChI=1S/C8H11N.C3H6.C2H6/c1-3-8(2)9-6-4-5-7-9;1-3-2;1-2/h3-5H,1-2,6-7H2;3H,1H2,2H3;1-2H3. The number of rotatable bonds is 2. The number of hydrogen-bond acceptors (Lipinski definition) is 1. The van der Waals surface area contributed by atoms with Crippen molar-refractivity contribution in [3.63, 3.8) is 0 Å². The first kappa shape index (κ1) is 15.2. The summed E-state index contributed by atoms with van der Waals surface area (Å²) in [4.78, 5) is 2.16. The molecule has 1 nitrogen and oxygen atoms in total. The lowest BCUT2D eigenvalue weighted by molar-refractivity contribution is 0.460. The maximum Gasteiger partial charge on any atom is 0.0363 e. The number of nitrogens with zero attached hydrogens (tertiary/aromatic N) is 1. The van der Waals surface area contributed by atoms with Crippen LogP contribution < -0.4 is 0 Å². The Kier molecular flexibility index (Phi) is 12.8. The molecule has 0 radical (unpaired) electrons. The first-order valence-corrected chi connectivity index (χ1v) is 5.04. The highest BCUT2D eigenvalue weighted by Gasteiger charge is 2.03. The molecule has 80 valence electrons. The summed E-state index contributed by atoms with van der Waals surface area (Å²) < 4.78 is 0. The lowest BCUT2D eigenvalue weighted by Crippen LogP contribution is -2.16. The topological polar surface area (TPSA) is 3.24 Å². The maximum absolute atomic E-state index is 3.82. The molecule has 1 heteroatoms. The third-order valence-corrected chi connectivity index (χ3v) is 1.46. The van der Waals surface area contributed by atoms with Gasteiger partial charge in [0.25, 0.3) is 0 Å². The van der Waals surface area contributed by atoms with Gasteiger partial charge in [-0.25, -0.2) is 0 Å². The molecular weight excluding hydrogens is 170 g/mol. The van der Waals surface area contributed by atoms with Crippen LogP contribution in [0.5, 0.6) is 0 Å². The fraction of sp³-hybridized carbons (Fsp3) is 0.385. The molecule has 1 aliphatic heterocycles. The molecule has 0 amide bonds. The molecule has 14 heavy (non-hydrogen) atoms. The molecule has 0 saturated carbocycles. The maximum atomic E-state index is 3.82. The zero-order valence-corrected chi connectivity index (χ0v) is 9.79. The van der Waals surface area contributed by atoms with Gasteiger partial charge in [-0.05, 0) is 13.0 Å². The third kappa shape index (κ3) is 7.41. The summed E-state index contributed by atoms with van der Waals surface area (Å²) in [6.07, 6.45) is 7.80. The van der Waals surface area contributed by atoms with E-state index in [1.165, 1.54) is 0 Å². The quantitative estimate of drug-likeness (QED) is 0.476. The molecular formula is C13H23N. The van der Waals surface area contributed by atoms with E-state index in [9.17, 15) is 0 Å². The Hall–Kier alpha value is -1.24. The zero-order chi connectivity index (χ0) is 11.4. The van der Waals surface area contributed by atoms with E-state index in [-0.39, 0.29) is 0 Å². The van der Waals surface area contributed by atoms with Gasteiger partial charge in [0, 0.05) is 18.8 Å². The Labute approximate surface area is 89.1 Å². The summed E-state index contributed by atoms with van der Waals surface area (Å²) in [5, 5.41) is 0. The van der Waals surface area contributed by atoms with Gasteiger partial charge in [0.1, 0.15) is 0 Å². The molecule has 0 bridgehead atoms. The summed E-state index contributed by atoms with van der Waals surface area (Å²) in [5.41, 5.74) is 1.01. The van der Waals surface area contributed by atoms with Gasteiger partial charge in [-0.1, -0.05) is 45.2 Å². The van der Waals surface area contributed by atoms with Gasteiger partial charge in [0.05, 0.1) is 0 Å². The molecule has 0 spiro atoms. The Morgan fingerprint density at radius 1 is 1.21 bits per heavy atom. The van der Waals surface area contributed by atoms with E-state index in [1.807, 2.05) is 20.8 Å². The van der Waals surface area contributed by atoms with Gasteiger partial charge in [0.2, 0.25) is 0 Å². The molecule has 0 saturated heterocycles. The van der Waals surface area contributed by atoms with Gasteiger partial charge < -0.3 is 4.90 Å². The minimum absolute atomic E-state index is 0.991. The van der Waals surface area contributed by atoms with Crippen LogP contribution in [0.4, 0.5) is 0 Å². The van der Waals surface area contributed by atoms with E-state index in [1.54, 1.807) is 12.2 Å². The average Bonchev–Trinajstić information content (AvgIpc) is 2.74. The van der Waals surface area contributed by atoms with E-state index in [2.05, 4.69) is 36.8 Å². The molecule has 0 aliphatic carbocycles. The van der Waals surface area contributed by atoms with E-state index < -0.39 is 0 Å². The fourth-order valence-electron chi connectivity index (χ4n) is 0.842. The molecule has 1 heterocycles. The SMILES string of the molecule is C=CC.C=CC(=C)N1CC=CC1.CC. The molecule has 0 aromatic rings. The Bertz CT molecular complexity index is 181. The van der Waals surface area contributed by atoms with Crippen molar-refractivity contribution in [1.82, 2.24) is 4.90 Å². The second kappa shape index (κ2) is 11.8. The lowest BCUT2D eigenvalue weighted by Gasteiger charge is -2.16. The average molecular weight is 193 g/mol. The second-order valence-electron chi connectivity index (χ2n) is 2.48. The summed E-state index contributed by atoms with van der Waals surface area (Å²) in [6.45, 7) is 18.7. The van der Waals surface area contributed by atoms with Crippen molar-refractivity contribution in [1.29, 1.82) is 0 Å². The Morgan fingerprint density at radius 2 is 1.57 bits per heavy atom. The van der Waals surface area contributed by atoms with Gasteiger partial charge in [-0.3, -0.25) is 0 Å². The summed E-state index contributed by atoms with van der Waals surface area (Å²) in [5.74, 6) is 0. The van der Waals surface area contributed by atoms with Crippen LogP contribution in [0.1, 0.15) is 20.8 Å². The number of hydrogen-bond donors (Lipinski definition) is 0. The van der Waals surface area contributed by atoms with Crippen LogP contribution in [0.15, 0.2) is 49.7 Å². The van der Waals surface area contributed by atoms with Crippen LogP contribution in [0, 0.1) is 0 Å². The number of allylic oxidation sites excluding steroid dienone is 2. The summed E-state index contributed by atoms with van der Waals surface area (Å²) in [6, 6.07) is 0. The van der Waals surface area contributed by atoms with Crippen LogP contribution in [0.3, 0.4) is 0 Å². The predicted octanol–water partition coefficient (Wildman–Crippen LogP) is 3.78. The highest BCUT2D eigenvalue weighted by Crippen LogP contribution is 2.06. The van der Waals surface area contributed by atoms with Crippen LogP contribution in [0.2, 0.25) is 0 Å². The molecule has 1 rings (SSSR count). The zero-order valence-electron chi connectivity index (χ0n) is 9.79. The second-order valence-corrected chi connectivity index (χ2v) is 2.48. The Balaban J connectivity index is 0. The first-order valence-electron chi connectivity index (χ1n) is 5.04. The van der Waals surface area contributed by atoms with E-state index in [0.717, 1.165) is 18.8 Å². The van der Waals surface area contributed by atoms with Crippen molar-refractivity contribution < 1.29 is 0 Å². The van der Waals surface area contributed by atoms with Crippen molar-refractivity contribution in [2.45, 2.75) is 20.8 Å². The van der Waals surface area contributed by atoms with E-state index >= 15 is 0 Å². The summed E-state index contributed by atoms with van der Waals surface area (Å²) in [7, 11) is 0. The minimum atomic E-state index is 0.991. The van der Waals surface area contributed by atoms with Crippen molar-refractivity contribution in [2.24, 2.45) is 0 Å². The molecule has 0 atom stereocenters. The molecule has 0 aromatic heterocycles. The molecule has 1 aliphatic rings. The van der Waals surface area contributed by atoms with Crippen LogP contribution >= 0.6 is 0 Å². The van der Waals surface area contributed by atoms with Gasteiger partial charge in [-0.2, -0.15) is 0 Å². The third-order valence-electron chi connectivity index (χ3n) is 1.46. The highest BCUT2D eigenvalue weighted by molar-refractivity contribution is 5.15. The molecule has 0 N–H and O–H groups in total. The Morgan fingerprint density at radius 3 is 1.86 bits per heavy atom. The van der Waals surface area contributed by atoms with E-state index in [0.29, 0.717) is 0 Å². The first-order chi connectivity index (χ1) is 6.76. The normalized spacial score (nSPS) is 11.8. The van der Waals surface area contributed by atoms with Gasteiger partial charge >= 0.3 is 0 Å². The molecule has 0 aromatic carbocycles. The van der Waals surface area contributed by atoms with Crippen LogP contribution in [-0.4, -0.2) is 18.0 Å². The van der Waals surface area contributed by atoms with Crippen molar-refractivity contribution in [3.8, 4) is 0 Å². The molecule has 0 fully saturated rings. The van der Waals surface area contributed by atoms with Crippen LogP contribution in [-0.2, 0) is 0 Å². The smallest absolute Gasteiger partial charge is 0.0363 e. The van der Waals surface area contributed by atoms with E-state index in [4.69, 9.17) is 0 Å². The largest absolute Gasteiger partial charge is 0.365 e. The van der Waals surface area contributed by atoms with Gasteiger partial charge in [0.15, 0.2) is 0 Å².